The van der Waals surface area contributed by atoms with Gasteiger partial charge in [0.1, 0.15) is 5.75 Å². The van der Waals surface area contributed by atoms with Crippen LogP contribution in [-0.4, -0.2) is 63.8 Å². The van der Waals surface area contributed by atoms with Crippen molar-refractivity contribution in [3.05, 3.63) is 29.8 Å². The summed E-state index contributed by atoms with van der Waals surface area (Å²) in [7, 11) is -1.41. The van der Waals surface area contributed by atoms with Gasteiger partial charge >= 0.3 is 0 Å². The summed E-state index contributed by atoms with van der Waals surface area (Å²) in [6.45, 7) is 8.62. The van der Waals surface area contributed by atoms with E-state index in [9.17, 15) is 8.42 Å². The van der Waals surface area contributed by atoms with Crippen LogP contribution >= 0.6 is 0 Å². The third-order valence-electron chi connectivity index (χ3n) is 5.41. The van der Waals surface area contributed by atoms with Crippen LogP contribution in [0.4, 0.5) is 0 Å². The highest BCUT2D eigenvalue weighted by Gasteiger charge is 2.26. The van der Waals surface area contributed by atoms with E-state index < -0.39 is 10.0 Å². The van der Waals surface area contributed by atoms with E-state index in [4.69, 9.17) is 9.73 Å². The summed E-state index contributed by atoms with van der Waals surface area (Å²) in [6.07, 6.45) is 2.55. The predicted molar refractivity (Wildman–Crippen MR) is 119 cm³/mol. The standard InChI is InChI=1S/C21H36N4O3S/c1-5-22-21(24-19-12-15-25(16-13-19)29(26,27)6-2)23-14-11-17(3)18-7-9-20(28-4)10-8-18/h7-10,17,19H,5-6,11-16H2,1-4H3,(H2,22,23,24). The zero-order chi connectivity index (χ0) is 21.3. The third kappa shape index (κ3) is 7.19. The average molecular weight is 425 g/mol. The van der Waals surface area contributed by atoms with E-state index in [1.54, 1.807) is 18.3 Å². The van der Waals surface area contributed by atoms with Crippen LogP contribution < -0.4 is 15.4 Å². The molecule has 7 nitrogen and oxygen atoms in total. The maximum atomic E-state index is 12.0. The topological polar surface area (TPSA) is 83.0 Å². The average Bonchev–Trinajstić information content (AvgIpc) is 2.74. The summed E-state index contributed by atoms with van der Waals surface area (Å²) >= 11 is 0. The highest BCUT2D eigenvalue weighted by Crippen LogP contribution is 2.21. The minimum Gasteiger partial charge on any atom is -0.497 e. The lowest BCUT2D eigenvalue weighted by atomic mass is 9.98. The Kier molecular flexibility index (Phi) is 9.23. The number of hydrogen-bond acceptors (Lipinski definition) is 4. The first kappa shape index (κ1) is 23.5. The minimum atomic E-state index is -3.09. The second-order valence-electron chi connectivity index (χ2n) is 7.44. The monoisotopic (exact) mass is 424 g/mol. The fourth-order valence-corrected chi connectivity index (χ4v) is 4.58. The van der Waals surface area contributed by atoms with Gasteiger partial charge in [-0.15, -0.1) is 0 Å². The zero-order valence-corrected chi connectivity index (χ0v) is 19.0. The van der Waals surface area contributed by atoms with Crippen LogP contribution in [0.3, 0.4) is 0 Å². The van der Waals surface area contributed by atoms with Gasteiger partial charge in [0, 0.05) is 32.2 Å². The highest BCUT2D eigenvalue weighted by atomic mass is 32.2. The summed E-state index contributed by atoms with van der Waals surface area (Å²) in [6, 6.07) is 8.44. The van der Waals surface area contributed by atoms with Crippen molar-refractivity contribution in [2.24, 2.45) is 4.99 Å². The molecular formula is C21H36N4O3S. The number of piperidine rings is 1. The number of hydrogen-bond donors (Lipinski definition) is 2. The molecule has 1 unspecified atom stereocenters. The van der Waals surface area contributed by atoms with Gasteiger partial charge in [-0.2, -0.15) is 0 Å². The van der Waals surface area contributed by atoms with Gasteiger partial charge in [0.15, 0.2) is 5.96 Å². The maximum Gasteiger partial charge on any atom is 0.213 e. The number of nitrogens with one attached hydrogen (secondary N) is 2. The number of rotatable bonds is 9. The van der Waals surface area contributed by atoms with E-state index in [0.717, 1.165) is 44.1 Å². The molecule has 1 aliphatic rings. The molecule has 8 heteroatoms. The van der Waals surface area contributed by atoms with E-state index in [0.29, 0.717) is 19.0 Å². The van der Waals surface area contributed by atoms with Crippen LogP contribution in [0.5, 0.6) is 5.75 Å². The number of ether oxygens (including phenoxy) is 1. The van der Waals surface area contributed by atoms with Crippen molar-refractivity contribution >= 4 is 16.0 Å². The van der Waals surface area contributed by atoms with E-state index in [2.05, 4.69) is 29.7 Å². The summed E-state index contributed by atoms with van der Waals surface area (Å²) in [5, 5.41) is 6.78. The van der Waals surface area contributed by atoms with E-state index in [1.165, 1.54) is 5.56 Å². The smallest absolute Gasteiger partial charge is 0.213 e. The number of sulfonamides is 1. The van der Waals surface area contributed by atoms with Crippen LogP contribution in [0.1, 0.15) is 51.5 Å². The SMILES string of the molecule is CCNC(=NCCC(C)c1ccc(OC)cc1)NC1CCN(S(=O)(=O)CC)CC1. The molecule has 1 saturated heterocycles. The number of methoxy groups -OCH3 is 1. The second kappa shape index (κ2) is 11.4. The van der Waals surface area contributed by atoms with Crippen molar-refractivity contribution in [2.75, 3.05) is 39.0 Å². The Morgan fingerprint density at radius 3 is 2.45 bits per heavy atom. The quantitative estimate of drug-likeness (QED) is 0.470. The lowest BCUT2D eigenvalue weighted by Crippen LogP contribution is -2.50. The molecule has 2 N–H and O–H groups in total. The summed E-state index contributed by atoms with van der Waals surface area (Å²) in [4.78, 5) is 4.73. The van der Waals surface area contributed by atoms with E-state index in [-0.39, 0.29) is 11.8 Å². The van der Waals surface area contributed by atoms with Crippen molar-refractivity contribution in [1.29, 1.82) is 0 Å². The van der Waals surface area contributed by atoms with Gasteiger partial charge in [0.05, 0.1) is 12.9 Å². The minimum absolute atomic E-state index is 0.168. The first-order valence-electron chi connectivity index (χ1n) is 10.6. The molecule has 0 aliphatic carbocycles. The van der Waals surface area contributed by atoms with Gasteiger partial charge in [-0.05, 0) is 56.7 Å². The first-order chi connectivity index (χ1) is 13.9. The molecule has 0 saturated carbocycles. The number of benzene rings is 1. The Morgan fingerprint density at radius 1 is 1.24 bits per heavy atom. The zero-order valence-electron chi connectivity index (χ0n) is 18.1. The summed E-state index contributed by atoms with van der Waals surface area (Å²) < 4.78 is 30.8. The van der Waals surface area contributed by atoms with Crippen LogP contribution in [-0.2, 0) is 10.0 Å². The van der Waals surface area contributed by atoms with Crippen LogP contribution in [0, 0.1) is 0 Å². The van der Waals surface area contributed by atoms with Crippen molar-refractivity contribution in [1.82, 2.24) is 14.9 Å². The molecule has 29 heavy (non-hydrogen) atoms. The maximum absolute atomic E-state index is 12.0. The van der Waals surface area contributed by atoms with Gasteiger partial charge in [-0.1, -0.05) is 19.1 Å². The number of aliphatic imine (C=N–C) groups is 1. The molecule has 164 valence electrons. The molecule has 1 aliphatic heterocycles. The van der Waals surface area contributed by atoms with Gasteiger partial charge in [0.2, 0.25) is 10.0 Å². The van der Waals surface area contributed by atoms with Gasteiger partial charge < -0.3 is 15.4 Å². The molecule has 0 spiro atoms. The number of guanidine groups is 1. The van der Waals surface area contributed by atoms with Crippen molar-refractivity contribution in [3.8, 4) is 5.75 Å². The van der Waals surface area contributed by atoms with Crippen molar-refractivity contribution in [3.63, 3.8) is 0 Å². The van der Waals surface area contributed by atoms with Crippen molar-refractivity contribution < 1.29 is 13.2 Å². The Balaban J connectivity index is 1.84. The van der Waals surface area contributed by atoms with E-state index >= 15 is 0 Å². The summed E-state index contributed by atoms with van der Waals surface area (Å²) in [5.74, 6) is 2.26. The van der Waals surface area contributed by atoms with Crippen LogP contribution in [0.2, 0.25) is 0 Å². The Morgan fingerprint density at radius 2 is 1.90 bits per heavy atom. The molecule has 1 fully saturated rings. The molecule has 0 aromatic heterocycles. The lowest BCUT2D eigenvalue weighted by Gasteiger charge is -2.32. The third-order valence-corrected chi connectivity index (χ3v) is 7.30. The predicted octanol–water partition coefficient (Wildman–Crippen LogP) is 2.56. The fourth-order valence-electron chi connectivity index (χ4n) is 3.44. The molecule has 1 aromatic carbocycles. The van der Waals surface area contributed by atoms with Crippen LogP contribution in [0.25, 0.3) is 0 Å². The Labute approximate surface area is 176 Å². The molecule has 2 rings (SSSR count). The number of nitrogens with zero attached hydrogens (tertiary/aromatic N) is 2. The van der Waals surface area contributed by atoms with Crippen LogP contribution in [0.15, 0.2) is 29.3 Å². The van der Waals surface area contributed by atoms with E-state index in [1.807, 2.05) is 19.1 Å². The Bertz CT molecular complexity index is 742. The molecule has 0 amide bonds. The van der Waals surface area contributed by atoms with Crippen molar-refractivity contribution in [2.45, 2.75) is 52.0 Å². The van der Waals surface area contributed by atoms with Gasteiger partial charge in [-0.3, -0.25) is 4.99 Å². The fraction of sp³-hybridized carbons (Fsp3) is 0.667. The summed E-state index contributed by atoms with van der Waals surface area (Å²) in [5.41, 5.74) is 1.28. The largest absolute Gasteiger partial charge is 0.497 e. The molecule has 1 heterocycles. The first-order valence-corrected chi connectivity index (χ1v) is 12.2. The highest BCUT2D eigenvalue weighted by molar-refractivity contribution is 7.89. The molecule has 1 aromatic rings. The Hall–Kier alpha value is -1.80. The second-order valence-corrected chi connectivity index (χ2v) is 9.70. The molecule has 0 radical (unpaired) electrons. The molecule has 0 bridgehead atoms. The normalized spacial score (nSPS) is 17.7. The molecule has 1 atom stereocenters. The van der Waals surface area contributed by atoms with Gasteiger partial charge in [-0.25, -0.2) is 12.7 Å². The lowest BCUT2D eigenvalue weighted by molar-refractivity contribution is 0.306. The molecular weight excluding hydrogens is 388 g/mol. The van der Waals surface area contributed by atoms with Gasteiger partial charge in [0.25, 0.3) is 0 Å².